The smallest absolute Gasteiger partial charge is 0.239 e. The van der Waals surface area contributed by atoms with Gasteiger partial charge < -0.3 is 19.6 Å². The fourth-order valence-electron chi connectivity index (χ4n) is 3.21. The first-order valence-corrected chi connectivity index (χ1v) is 9.42. The molecule has 8 heteroatoms. The van der Waals surface area contributed by atoms with Gasteiger partial charge in [0.25, 0.3) is 0 Å². The number of halogens is 2. The number of furan rings is 1. The summed E-state index contributed by atoms with van der Waals surface area (Å²) in [5, 5.41) is 15.3. The van der Waals surface area contributed by atoms with E-state index < -0.39 is 11.6 Å². The summed E-state index contributed by atoms with van der Waals surface area (Å²) in [6.07, 6.45) is 1.56. The van der Waals surface area contributed by atoms with Gasteiger partial charge in [-0.25, -0.2) is 8.78 Å². The van der Waals surface area contributed by atoms with Gasteiger partial charge in [0.15, 0.2) is 11.6 Å². The Labute approximate surface area is 173 Å². The number of rotatable bonds is 7. The predicted octanol–water partition coefficient (Wildman–Crippen LogP) is 4.19. The zero-order chi connectivity index (χ0) is 21.8. The van der Waals surface area contributed by atoms with E-state index in [-0.39, 0.29) is 18.5 Å². The van der Waals surface area contributed by atoms with Crippen LogP contribution in [0, 0.1) is 36.8 Å². The molecule has 0 aliphatic heterocycles. The lowest BCUT2D eigenvalue weighted by atomic mass is 10.1. The Balaban J connectivity index is 1.73. The monoisotopic (exact) mass is 412 g/mol. The third-order valence-electron chi connectivity index (χ3n) is 5.11. The highest BCUT2D eigenvalue weighted by molar-refractivity contribution is 5.93. The minimum absolute atomic E-state index is 0.0743. The van der Waals surface area contributed by atoms with Crippen LogP contribution in [-0.2, 0) is 11.3 Å². The quantitative estimate of drug-likeness (QED) is 0.610. The van der Waals surface area contributed by atoms with Crippen molar-refractivity contribution in [2.24, 2.45) is 0 Å². The molecule has 0 saturated heterocycles. The molecule has 3 rings (SSSR count). The fraction of sp³-hybridized carbons (Fsp3) is 0.273. The molecule has 0 aliphatic rings. The van der Waals surface area contributed by atoms with Gasteiger partial charge in [-0.05, 0) is 56.2 Å². The van der Waals surface area contributed by atoms with Gasteiger partial charge in [0, 0.05) is 11.7 Å². The summed E-state index contributed by atoms with van der Waals surface area (Å²) >= 11 is 0. The molecule has 156 valence electrons. The zero-order valence-electron chi connectivity index (χ0n) is 16.9. The van der Waals surface area contributed by atoms with Crippen molar-refractivity contribution in [3.05, 3.63) is 76.4 Å². The maximum atomic E-state index is 13.4. The molecule has 0 fully saturated rings. The van der Waals surface area contributed by atoms with E-state index >= 15 is 0 Å². The molecule has 30 heavy (non-hydrogen) atoms. The molecule has 3 aromatic rings. The molecule has 2 N–H and O–H groups in total. The number of carbonyl (C=O) groups excluding carboxylic acids is 1. The van der Waals surface area contributed by atoms with E-state index in [1.165, 1.54) is 6.07 Å². The largest absolute Gasteiger partial charge is 0.467 e. The molecule has 0 radical (unpaired) electrons. The number of nitrogens with zero attached hydrogens (tertiary/aromatic N) is 2. The van der Waals surface area contributed by atoms with Gasteiger partial charge in [-0.1, -0.05) is 6.07 Å². The van der Waals surface area contributed by atoms with Gasteiger partial charge in [0.1, 0.15) is 17.6 Å². The second kappa shape index (κ2) is 8.93. The van der Waals surface area contributed by atoms with Crippen molar-refractivity contribution in [3.8, 4) is 6.07 Å². The first-order chi connectivity index (χ1) is 14.3. The first kappa shape index (κ1) is 21.3. The van der Waals surface area contributed by atoms with Crippen molar-refractivity contribution in [2.45, 2.75) is 33.4 Å². The van der Waals surface area contributed by atoms with E-state index in [0.717, 1.165) is 23.4 Å². The van der Waals surface area contributed by atoms with Crippen molar-refractivity contribution >= 4 is 11.7 Å². The van der Waals surface area contributed by atoms with Crippen LogP contribution in [0.4, 0.5) is 14.6 Å². The Morgan fingerprint density at radius 3 is 2.67 bits per heavy atom. The van der Waals surface area contributed by atoms with E-state index in [2.05, 4.69) is 16.7 Å². The van der Waals surface area contributed by atoms with Gasteiger partial charge in [-0.15, -0.1) is 0 Å². The Hall–Kier alpha value is -3.44. The van der Waals surface area contributed by atoms with Crippen LogP contribution < -0.4 is 10.6 Å². The molecule has 6 nitrogen and oxygen atoms in total. The van der Waals surface area contributed by atoms with Crippen LogP contribution in [0.15, 0.2) is 41.0 Å². The van der Waals surface area contributed by atoms with Gasteiger partial charge in [-0.3, -0.25) is 4.79 Å². The van der Waals surface area contributed by atoms with Crippen LogP contribution in [0.25, 0.3) is 0 Å². The van der Waals surface area contributed by atoms with Crippen molar-refractivity contribution in [1.29, 1.82) is 5.26 Å². The predicted molar refractivity (Wildman–Crippen MR) is 108 cm³/mol. The Morgan fingerprint density at radius 2 is 2.03 bits per heavy atom. The van der Waals surface area contributed by atoms with Crippen LogP contribution in [0.1, 0.15) is 41.1 Å². The van der Waals surface area contributed by atoms with Crippen LogP contribution in [0.3, 0.4) is 0 Å². The van der Waals surface area contributed by atoms with Gasteiger partial charge in [0.2, 0.25) is 5.91 Å². The van der Waals surface area contributed by atoms with Crippen LogP contribution in [0.2, 0.25) is 0 Å². The summed E-state index contributed by atoms with van der Waals surface area (Å²) in [5.74, 6) is -1.13. The summed E-state index contributed by atoms with van der Waals surface area (Å²) in [4.78, 5) is 12.6. The second-order valence-electron chi connectivity index (χ2n) is 7.04. The SMILES string of the molecule is Cc1c(C#N)c(NC(=O)CN[C@@H](C)c2ccc(F)c(F)c2)n(Cc2ccco2)c1C. The number of benzene rings is 1. The summed E-state index contributed by atoms with van der Waals surface area (Å²) in [5.41, 5.74) is 2.54. The van der Waals surface area contributed by atoms with Gasteiger partial charge >= 0.3 is 0 Å². The molecule has 0 bridgehead atoms. The number of carbonyl (C=O) groups is 1. The maximum Gasteiger partial charge on any atom is 0.239 e. The van der Waals surface area contributed by atoms with Crippen LogP contribution in [-0.4, -0.2) is 17.0 Å². The van der Waals surface area contributed by atoms with Gasteiger partial charge in [-0.2, -0.15) is 5.26 Å². The topological polar surface area (TPSA) is 83.0 Å². The second-order valence-corrected chi connectivity index (χ2v) is 7.04. The third-order valence-corrected chi connectivity index (χ3v) is 5.11. The number of nitrogens with one attached hydrogen (secondary N) is 2. The van der Waals surface area contributed by atoms with Crippen molar-refractivity contribution in [2.75, 3.05) is 11.9 Å². The molecular weight excluding hydrogens is 390 g/mol. The lowest BCUT2D eigenvalue weighted by molar-refractivity contribution is -0.115. The standard InChI is InChI=1S/C22H22F2N4O2/c1-13-15(3)28(12-17-5-4-8-30-17)22(18(13)10-25)27-21(29)11-26-14(2)16-6-7-19(23)20(24)9-16/h4-9,14,26H,11-12H2,1-3H3,(H,27,29)/t14-/m0/s1. The Bertz CT molecular complexity index is 1100. The number of anilines is 1. The van der Waals surface area contributed by atoms with Crippen molar-refractivity contribution < 1.29 is 18.0 Å². The third kappa shape index (κ3) is 4.42. The first-order valence-electron chi connectivity index (χ1n) is 9.42. The molecular formula is C22H22F2N4O2. The molecule has 0 aliphatic carbocycles. The summed E-state index contributed by atoms with van der Waals surface area (Å²) in [6, 6.07) is 8.97. The maximum absolute atomic E-state index is 13.4. The average molecular weight is 412 g/mol. The zero-order valence-corrected chi connectivity index (χ0v) is 16.9. The highest BCUT2D eigenvalue weighted by Gasteiger charge is 2.20. The van der Waals surface area contributed by atoms with Crippen molar-refractivity contribution in [1.82, 2.24) is 9.88 Å². The lowest BCUT2D eigenvalue weighted by Gasteiger charge is -2.16. The van der Waals surface area contributed by atoms with Crippen LogP contribution >= 0.6 is 0 Å². The van der Waals surface area contributed by atoms with Crippen molar-refractivity contribution in [3.63, 3.8) is 0 Å². The average Bonchev–Trinajstić information content (AvgIpc) is 3.31. The highest BCUT2D eigenvalue weighted by atomic mass is 19.2. The number of amides is 1. The molecule has 0 saturated carbocycles. The van der Waals surface area contributed by atoms with E-state index in [4.69, 9.17) is 4.42 Å². The van der Waals surface area contributed by atoms with E-state index in [1.54, 1.807) is 19.3 Å². The summed E-state index contributed by atoms with van der Waals surface area (Å²) < 4.78 is 33.7. The molecule has 0 spiro atoms. The summed E-state index contributed by atoms with van der Waals surface area (Å²) in [7, 11) is 0. The molecule has 2 aromatic heterocycles. The molecule has 1 atom stereocenters. The molecule has 1 amide bonds. The Kier molecular flexibility index (Phi) is 6.33. The summed E-state index contributed by atoms with van der Waals surface area (Å²) in [6.45, 7) is 5.74. The van der Waals surface area contributed by atoms with E-state index in [9.17, 15) is 18.8 Å². The van der Waals surface area contributed by atoms with E-state index in [0.29, 0.717) is 29.2 Å². The number of nitriles is 1. The molecule has 2 heterocycles. The number of aromatic nitrogens is 1. The number of hydrogen-bond donors (Lipinski definition) is 2. The van der Waals surface area contributed by atoms with Gasteiger partial charge in [0.05, 0.1) is 24.9 Å². The number of hydrogen-bond acceptors (Lipinski definition) is 4. The minimum Gasteiger partial charge on any atom is -0.467 e. The Morgan fingerprint density at radius 1 is 1.27 bits per heavy atom. The normalized spacial score (nSPS) is 11.9. The highest BCUT2D eigenvalue weighted by Crippen LogP contribution is 2.27. The molecule has 0 unspecified atom stereocenters. The molecule has 1 aromatic carbocycles. The lowest BCUT2D eigenvalue weighted by Crippen LogP contribution is -2.31. The minimum atomic E-state index is -0.939. The van der Waals surface area contributed by atoms with Crippen LogP contribution in [0.5, 0.6) is 0 Å². The fourth-order valence-corrected chi connectivity index (χ4v) is 3.21. The van der Waals surface area contributed by atoms with E-state index in [1.807, 2.05) is 24.5 Å².